The van der Waals surface area contributed by atoms with Crippen LogP contribution in [0, 0.1) is 24.7 Å². The molecule has 7 heterocycles. The van der Waals surface area contributed by atoms with E-state index in [2.05, 4.69) is 89.3 Å². The molecule has 0 unspecified atom stereocenters. The Balaban J connectivity index is 0.000000160. The number of pyridine rings is 1. The second-order valence-electron chi connectivity index (χ2n) is 19.3. The predicted molar refractivity (Wildman–Crippen MR) is 274 cm³/mol. The number of halogens is 1. The number of fused-ring (bicyclic) bond motifs is 2. The predicted octanol–water partition coefficient (Wildman–Crippen LogP) is 5.74. The molecule has 2 aliphatic carbocycles. The van der Waals surface area contributed by atoms with Gasteiger partial charge in [0.05, 0.1) is 31.6 Å². The van der Waals surface area contributed by atoms with E-state index in [1.165, 1.54) is 32.1 Å². The Labute approximate surface area is 410 Å². The van der Waals surface area contributed by atoms with Crippen molar-refractivity contribution >= 4 is 62.7 Å². The number of imidazole rings is 2. The van der Waals surface area contributed by atoms with Crippen molar-refractivity contribution in [3.63, 3.8) is 0 Å². The molecule has 18 nitrogen and oxygen atoms in total. The lowest BCUT2D eigenvalue weighted by atomic mass is 9.74. The summed E-state index contributed by atoms with van der Waals surface area (Å²) in [6.45, 7) is 14.2. The second kappa shape index (κ2) is 22.1. The van der Waals surface area contributed by atoms with Gasteiger partial charge in [0.2, 0.25) is 11.9 Å². The third kappa shape index (κ3) is 11.2. The maximum absolute atomic E-state index is 12.7. The van der Waals surface area contributed by atoms with E-state index in [0.717, 1.165) is 108 Å². The summed E-state index contributed by atoms with van der Waals surface area (Å²) < 4.78 is 21.1. The van der Waals surface area contributed by atoms with E-state index in [1.54, 1.807) is 30.5 Å². The van der Waals surface area contributed by atoms with Crippen LogP contribution in [0.15, 0.2) is 94.6 Å². The molecule has 2 aliphatic heterocycles. The number of aromatic nitrogens is 7. The van der Waals surface area contributed by atoms with Crippen LogP contribution in [0.3, 0.4) is 0 Å². The zero-order chi connectivity index (χ0) is 48.6. The van der Waals surface area contributed by atoms with E-state index in [-0.39, 0.29) is 10.2 Å². The summed E-state index contributed by atoms with van der Waals surface area (Å²) in [6, 6.07) is 13.4. The third-order valence-electron chi connectivity index (χ3n) is 14.2. The van der Waals surface area contributed by atoms with Crippen LogP contribution in [0.4, 0.5) is 11.9 Å². The van der Waals surface area contributed by atoms with Gasteiger partial charge in [-0.25, -0.2) is 28.9 Å². The van der Waals surface area contributed by atoms with Gasteiger partial charge in [-0.1, -0.05) is 59.7 Å². The minimum Gasteiger partial charge on any atom is -0.423 e. The van der Waals surface area contributed by atoms with Crippen molar-refractivity contribution in [2.75, 3.05) is 36.0 Å². The molecule has 1 aromatic carbocycles. The molecule has 2 spiro atoms. The van der Waals surface area contributed by atoms with Crippen LogP contribution in [0.25, 0.3) is 22.4 Å². The molecule has 0 radical (unpaired) electrons. The number of benzene rings is 1. The van der Waals surface area contributed by atoms with Crippen molar-refractivity contribution in [3.05, 3.63) is 95.5 Å². The van der Waals surface area contributed by atoms with Crippen LogP contribution in [0.5, 0.6) is 0 Å². The van der Waals surface area contributed by atoms with Crippen molar-refractivity contribution in [1.29, 1.82) is 0 Å². The Morgan fingerprint density at radius 1 is 0.779 bits per heavy atom. The fourth-order valence-electron chi connectivity index (χ4n) is 10.4. The maximum Gasteiger partial charge on any atom is 0.488 e. The number of anilines is 2. The van der Waals surface area contributed by atoms with Crippen LogP contribution in [0.2, 0.25) is 0 Å². The molecule has 3 atom stereocenters. The van der Waals surface area contributed by atoms with Gasteiger partial charge in [0.1, 0.15) is 5.65 Å². The minimum absolute atomic E-state index is 0.226. The molecule has 364 valence electrons. The molecule has 2 saturated heterocycles. The number of piperidine rings is 2. The topological polar surface area (TPSA) is 252 Å². The first-order valence-corrected chi connectivity index (χ1v) is 25.4. The van der Waals surface area contributed by atoms with E-state index in [0.29, 0.717) is 23.0 Å². The number of nitrogens with zero attached hydrogens (tertiary/aromatic N) is 11. The van der Waals surface area contributed by atoms with Gasteiger partial charge in [-0.2, -0.15) is 0 Å². The lowest BCUT2D eigenvalue weighted by Crippen LogP contribution is -2.51. The first-order chi connectivity index (χ1) is 32.6. The van der Waals surface area contributed by atoms with Gasteiger partial charge in [-0.15, -0.1) is 0 Å². The summed E-state index contributed by atoms with van der Waals surface area (Å²) in [7, 11) is -2.35. The first kappa shape index (κ1) is 50.8. The summed E-state index contributed by atoms with van der Waals surface area (Å²) in [4.78, 5) is 28.0. The van der Waals surface area contributed by atoms with Crippen molar-refractivity contribution in [2.24, 2.45) is 38.7 Å². The Morgan fingerprint density at radius 2 is 1.34 bits per heavy atom. The van der Waals surface area contributed by atoms with Crippen LogP contribution in [-0.4, -0.2) is 98.1 Å². The molecule has 4 aliphatic rings. The number of rotatable bonds is 6. The van der Waals surface area contributed by atoms with Crippen molar-refractivity contribution in [1.82, 2.24) is 38.4 Å². The molecule has 0 amide bonds. The second-order valence-corrected chi connectivity index (χ2v) is 22.1. The van der Waals surface area contributed by atoms with E-state index < -0.39 is 18.1 Å². The van der Waals surface area contributed by atoms with Gasteiger partial charge in [-0.05, 0) is 124 Å². The van der Waals surface area contributed by atoms with Crippen LogP contribution < -0.4 is 37.4 Å². The van der Waals surface area contributed by atoms with E-state index >= 15 is 0 Å². The summed E-state index contributed by atoms with van der Waals surface area (Å²) in [5.74, 6) is 10.7. The zero-order valence-electron chi connectivity index (χ0n) is 39.9. The first-order valence-electron chi connectivity index (χ1n) is 23.5. The highest BCUT2D eigenvalue weighted by atomic mass is 79.9. The number of nitrogens with two attached hydrogens (primary N) is 3. The highest BCUT2D eigenvalue weighted by Gasteiger charge is 2.47. The summed E-state index contributed by atoms with van der Waals surface area (Å²) in [5.41, 5.74) is 13.5. The van der Waals surface area contributed by atoms with E-state index in [9.17, 15) is 4.21 Å². The van der Waals surface area contributed by atoms with Gasteiger partial charge in [0.15, 0.2) is 5.65 Å². The summed E-state index contributed by atoms with van der Waals surface area (Å²) in [6.07, 6.45) is 23.2. The Hall–Kier alpha value is -5.06. The molecule has 2 saturated carbocycles. The lowest BCUT2D eigenvalue weighted by Gasteiger charge is -2.44. The van der Waals surface area contributed by atoms with Gasteiger partial charge >= 0.3 is 7.12 Å². The number of nitrogens with one attached hydrogen (secondary N) is 1. The largest absolute Gasteiger partial charge is 0.488 e. The number of hydrogen-bond acceptors (Lipinski definition) is 13. The smallest absolute Gasteiger partial charge is 0.423 e. The lowest BCUT2D eigenvalue weighted by molar-refractivity contribution is 0.187. The zero-order valence-corrected chi connectivity index (χ0v) is 42.3. The van der Waals surface area contributed by atoms with Gasteiger partial charge in [0.25, 0.3) is 0 Å². The average molecular weight is 1010 g/mol. The Bertz CT molecular complexity index is 2630. The Morgan fingerprint density at radius 3 is 1.87 bits per heavy atom. The van der Waals surface area contributed by atoms with Crippen LogP contribution >= 0.6 is 15.9 Å². The molecule has 6 aromatic rings. The van der Waals surface area contributed by atoms with Gasteiger partial charge < -0.3 is 37.3 Å². The minimum atomic E-state index is -1.34. The van der Waals surface area contributed by atoms with Crippen LogP contribution in [0.1, 0.15) is 96.4 Å². The van der Waals surface area contributed by atoms with Crippen molar-refractivity contribution < 1.29 is 14.3 Å². The molecule has 10 rings (SSSR count). The quantitative estimate of drug-likeness (QED) is 0.0505. The normalized spacial score (nSPS) is 20.2. The standard InChI is InChI=1S/C21H26N6.C20H30BrN5OS.C6H7BO2.H4N4/c1-15-18(16-4-3-9-23-14-16)19-24-10-13-27(19)20(25-15)26-11-7-21(8-12-26)6-2-5-17(21)22;1-14-16(21)17-22-10-13-26(17)18(23-14)25-11-8-20(9-12-25)7-5-6-15(20)24-28(27)19(2,3)4;8-7(9)6-4-2-1-3-5-6;1-3-4-2/h3-4,9-10,13-14,17H,2,5-8,11-12,22H2,1H3;10,13,15,24H,5-9,11-12H2,1-4H3;1-5,8-9H;(H2,1,4)(H2,2,3)/t17-;15-,28-;;/m11../s1. The third-order valence-corrected chi connectivity index (χ3v) is 16.8. The maximum atomic E-state index is 12.7. The number of hydrogen-bond donors (Lipinski definition) is 6. The fourth-order valence-corrected chi connectivity index (χ4v) is 11.7. The molecule has 5 aromatic heterocycles. The van der Waals surface area contributed by atoms with Gasteiger partial charge in [0, 0.05) is 86.6 Å². The van der Waals surface area contributed by atoms with E-state index in [1.807, 2.05) is 70.8 Å². The molecule has 0 bridgehead atoms. The molecule has 68 heavy (non-hydrogen) atoms. The molecule has 9 N–H and O–H groups in total. The van der Waals surface area contributed by atoms with E-state index in [4.69, 9.17) is 25.7 Å². The highest BCUT2D eigenvalue weighted by Crippen LogP contribution is 2.48. The molecular formula is C47H67BBrN15O3S. The van der Waals surface area contributed by atoms with Crippen molar-refractivity contribution in [2.45, 2.75) is 116 Å². The van der Waals surface area contributed by atoms with Crippen molar-refractivity contribution in [3.8, 4) is 11.1 Å². The van der Waals surface area contributed by atoms with Gasteiger partial charge in [-0.3, -0.25) is 13.8 Å². The average Bonchev–Trinajstić information content (AvgIpc) is 4.18. The summed E-state index contributed by atoms with van der Waals surface area (Å²) >= 11 is 3.61. The fraction of sp³-hybridized carbons (Fsp3) is 0.511. The monoisotopic (exact) mass is 1010 g/mol. The van der Waals surface area contributed by atoms with Crippen LogP contribution in [-0.2, 0) is 11.0 Å². The number of aryl methyl sites for hydroxylation is 2. The Kier molecular flexibility index (Phi) is 16.5. The highest BCUT2D eigenvalue weighted by molar-refractivity contribution is 9.10. The summed E-state index contributed by atoms with van der Waals surface area (Å²) in [5, 5.41) is 22.4. The molecule has 4 fully saturated rings. The molecule has 21 heteroatoms. The molecular weight excluding hydrogens is 945 g/mol. The SMILES string of the molecule is Cc1nc(N2CCC3(CCC[C@H]3N)CC2)n2ccnc2c1-c1cccnc1.Cc1nc(N2CCC3(CCC[C@H]3N[S@](=O)C(C)(C)C)CC2)n2ccnc2c1Br.N/N=N/N.OB(O)c1ccccc1.